The number of carbonyl (C=O) groups is 1. The lowest BCUT2D eigenvalue weighted by Gasteiger charge is -2.34. The maximum absolute atomic E-state index is 11.0. The van der Waals surface area contributed by atoms with Gasteiger partial charge in [0.2, 0.25) is 5.95 Å². The molecule has 0 spiro atoms. The van der Waals surface area contributed by atoms with Crippen LogP contribution in [0.1, 0.15) is 48.8 Å². The lowest BCUT2D eigenvalue weighted by atomic mass is 9.98. The van der Waals surface area contributed by atoms with Crippen molar-refractivity contribution in [3.8, 4) is 0 Å². The molecule has 9 heteroatoms. The fourth-order valence-corrected chi connectivity index (χ4v) is 4.04. The van der Waals surface area contributed by atoms with Gasteiger partial charge in [-0.05, 0) is 38.0 Å². The fourth-order valence-electron chi connectivity index (χ4n) is 4.04. The summed E-state index contributed by atoms with van der Waals surface area (Å²) in [6, 6.07) is 2.11. The second-order valence-electron chi connectivity index (χ2n) is 7.65. The number of hydrogen-bond donors (Lipinski definition) is 1. The van der Waals surface area contributed by atoms with Gasteiger partial charge >= 0.3 is 5.97 Å². The standard InChI is InChI=1S/C19H27N7O2/c1-2-15-10-17(21-19(20-15)24-7-3-4-8-24)25-9-5-6-14(11-25)12-26-13-16(18(27)28)22-23-26/h10,13-14H,2-9,11-12H2,1H3,(H,27,28)/t14-/m0/s1. The maximum atomic E-state index is 11.0. The molecule has 0 amide bonds. The van der Waals surface area contributed by atoms with Gasteiger partial charge in [-0.15, -0.1) is 5.10 Å². The zero-order chi connectivity index (χ0) is 19.5. The lowest BCUT2D eigenvalue weighted by Crippen LogP contribution is -2.38. The highest BCUT2D eigenvalue weighted by atomic mass is 16.4. The van der Waals surface area contributed by atoms with Gasteiger partial charge in [0.15, 0.2) is 5.69 Å². The molecule has 1 atom stereocenters. The Labute approximate surface area is 164 Å². The molecule has 2 aliphatic rings. The Morgan fingerprint density at radius 2 is 1.96 bits per heavy atom. The van der Waals surface area contributed by atoms with E-state index >= 15 is 0 Å². The Hall–Kier alpha value is -2.71. The molecule has 28 heavy (non-hydrogen) atoms. The lowest BCUT2D eigenvalue weighted by molar-refractivity contribution is 0.0690. The van der Waals surface area contributed by atoms with Gasteiger partial charge in [-0.1, -0.05) is 12.1 Å². The van der Waals surface area contributed by atoms with Gasteiger partial charge < -0.3 is 14.9 Å². The number of piperidine rings is 1. The number of aromatic carboxylic acids is 1. The van der Waals surface area contributed by atoms with Crippen LogP contribution < -0.4 is 9.80 Å². The third-order valence-corrected chi connectivity index (χ3v) is 5.55. The molecule has 0 unspecified atom stereocenters. The van der Waals surface area contributed by atoms with Crippen LogP contribution >= 0.6 is 0 Å². The predicted octanol–water partition coefficient (Wildman–Crippen LogP) is 1.85. The summed E-state index contributed by atoms with van der Waals surface area (Å²) in [5.41, 5.74) is 1.07. The molecule has 4 rings (SSSR count). The average Bonchev–Trinajstić information content (AvgIpc) is 3.40. The summed E-state index contributed by atoms with van der Waals surface area (Å²) in [5.74, 6) is 1.20. The van der Waals surface area contributed by atoms with Gasteiger partial charge in [-0.3, -0.25) is 4.68 Å². The van der Waals surface area contributed by atoms with Crippen molar-refractivity contribution in [1.82, 2.24) is 25.0 Å². The number of aryl methyl sites for hydroxylation is 1. The molecule has 2 fully saturated rings. The van der Waals surface area contributed by atoms with E-state index < -0.39 is 5.97 Å². The minimum atomic E-state index is -1.04. The molecule has 2 aromatic heterocycles. The minimum absolute atomic E-state index is 0.00805. The average molecular weight is 385 g/mol. The highest BCUT2D eigenvalue weighted by Crippen LogP contribution is 2.26. The highest BCUT2D eigenvalue weighted by molar-refractivity contribution is 5.84. The molecule has 2 saturated heterocycles. The van der Waals surface area contributed by atoms with Crippen LogP contribution in [0.15, 0.2) is 12.3 Å². The van der Waals surface area contributed by atoms with Crippen molar-refractivity contribution >= 4 is 17.7 Å². The van der Waals surface area contributed by atoms with Gasteiger partial charge in [-0.2, -0.15) is 4.98 Å². The van der Waals surface area contributed by atoms with Crippen LogP contribution in [0.5, 0.6) is 0 Å². The van der Waals surface area contributed by atoms with Crippen LogP contribution in [-0.2, 0) is 13.0 Å². The van der Waals surface area contributed by atoms with Gasteiger partial charge in [-0.25, -0.2) is 9.78 Å². The molecule has 0 saturated carbocycles. The highest BCUT2D eigenvalue weighted by Gasteiger charge is 2.24. The van der Waals surface area contributed by atoms with Gasteiger partial charge in [0.25, 0.3) is 0 Å². The van der Waals surface area contributed by atoms with Gasteiger partial charge in [0, 0.05) is 44.5 Å². The number of aromatic nitrogens is 5. The predicted molar refractivity (Wildman–Crippen MR) is 105 cm³/mol. The van der Waals surface area contributed by atoms with Gasteiger partial charge in [0.1, 0.15) is 5.82 Å². The summed E-state index contributed by atoms with van der Waals surface area (Å²) < 4.78 is 1.64. The van der Waals surface area contributed by atoms with Crippen LogP contribution in [-0.4, -0.2) is 62.2 Å². The zero-order valence-electron chi connectivity index (χ0n) is 16.3. The second-order valence-corrected chi connectivity index (χ2v) is 7.65. The molecule has 2 aromatic rings. The monoisotopic (exact) mass is 385 g/mol. The zero-order valence-corrected chi connectivity index (χ0v) is 16.3. The first-order valence-electron chi connectivity index (χ1n) is 10.1. The normalized spacial score (nSPS) is 20.0. The minimum Gasteiger partial charge on any atom is -0.476 e. The van der Waals surface area contributed by atoms with Crippen molar-refractivity contribution in [2.45, 2.75) is 45.6 Å². The summed E-state index contributed by atoms with van der Waals surface area (Å²) >= 11 is 0. The first-order valence-corrected chi connectivity index (χ1v) is 10.1. The number of rotatable bonds is 6. The Kier molecular flexibility index (Phi) is 5.40. The van der Waals surface area contributed by atoms with E-state index in [1.54, 1.807) is 4.68 Å². The van der Waals surface area contributed by atoms with E-state index in [1.165, 1.54) is 19.0 Å². The Balaban J connectivity index is 1.48. The second kappa shape index (κ2) is 8.12. The Morgan fingerprint density at radius 3 is 2.68 bits per heavy atom. The van der Waals surface area contributed by atoms with Crippen LogP contribution in [0.3, 0.4) is 0 Å². The van der Waals surface area contributed by atoms with Gasteiger partial charge in [0.05, 0.1) is 6.20 Å². The van der Waals surface area contributed by atoms with E-state index in [1.807, 2.05) is 0 Å². The van der Waals surface area contributed by atoms with E-state index in [0.29, 0.717) is 12.5 Å². The molecule has 0 aliphatic carbocycles. The van der Waals surface area contributed by atoms with Crippen LogP contribution in [0, 0.1) is 5.92 Å². The third kappa shape index (κ3) is 4.07. The smallest absolute Gasteiger partial charge is 0.358 e. The van der Waals surface area contributed by atoms with Crippen molar-refractivity contribution in [3.05, 3.63) is 23.7 Å². The first-order chi connectivity index (χ1) is 13.6. The molecular formula is C19H27N7O2. The Morgan fingerprint density at radius 1 is 1.18 bits per heavy atom. The summed E-state index contributed by atoms with van der Waals surface area (Å²) in [7, 11) is 0. The molecule has 4 heterocycles. The summed E-state index contributed by atoms with van der Waals surface area (Å²) in [6.45, 7) is 6.72. The number of hydrogen-bond acceptors (Lipinski definition) is 7. The van der Waals surface area contributed by atoms with Crippen molar-refractivity contribution in [3.63, 3.8) is 0 Å². The molecule has 150 valence electrons. The largest absolute Gasteiger partial charge is 0.476 e. The van der Waals surface area contributed by atoms with Crippen molar-refractivity contribution in [1.29, 1.82) is 0 Å². The fraction of sp³-hybridized carbons (Fsp3) is 0.632. The van der Waals surface area contributed by atoms with E-state index in [2.05, 4.69) is 33.1 Å². The number of anilines is 2. The molecule has 1 N–H and O–H groups in total. The van der Waals surface area contributed by atoms with E-state index in [4.69, 9.17) is 15.1 Å². The quantitative estimate of drug-likeness (QED) is 0.804. The van der Waals surface area contributed by atoms with Crippen molar-refractivity contribution in [2.24, 2.45) is 5.92 Å². The number of carboxylic acid groups (broad SMARTS) is 1. The first kappa shape index (κ1) is 18.6. The topological polar surface area (TPSA) is 100 Å². The van der Waals surface area contributed by atoms with Crippen LogP contribution in [0.25, 0.3) is 0 Å². The summed E-state index contributed by atoms with van der Waals surface area (Å²) in [6.07, 6.45) is 6.98. The van der Waals surface area contributed by atoms with Crippen molar-refractivity contribution < 1.29 is 9.90 Å². The molecule has 0 bridgehead atoms. The van der Waals surface area contributed by atoms with Crippen LogP contribution in [0.2, 0.25) is 0 Å². The molecule has 2 aliphatic heterocycles. The third-order valence-electron chi connectivity index (χ3n) is 5.55. The maximum Gasteiger partial charge on any atom is 0.358 e. The number of carboxylic acids is 1. The molecule has 0 radical (unpaired) electrons. The summed E-state index contributed by atoms with van der Waals surface area (Å²) in [5, 5.41) is 16.7. The Bertz CT molecular complexity index is 831. The van der Waals surface area contributed by atoms with Crippen LogP contribution in [0.4, 0.5) is 11.8 Å². The SMILES string of the molecule is CCc1cc(N2CCC[C@H](Cn3cc(C(=O)O)nn3)C2)nc(N2CCCC2)n1. The molecule has 0 aromatic carbocycles. The molecule has 9 nitrogen and oxygen atoms in total. The van der Waals surface area contributed by atoms with E-state index in [-0.39, 0.29) is 5.69 Å². The van der Waals surface area contributed by atoms with E-state index in [0.717, 1.165) is 62.9 Å². The van der Waals surface area contributed by atoms with E-state index in [9.17, 15) is 4.79 Å². The number of nitrogens with zero attached hydrogens (tertiary/aromatic N) is 7. The van der Waals surface area contributed by atoms with Crippen molar-refractivity contribution in [2.75, 3.05) is 36.0 Å². The molecular weight excluding hydrogens is 358 g/mol. The summed E-state index contributed by atoms with van der Waals surface area (Å²) in [4.78, 5) is 25.3.